The third-order valence-corrected chi connectivity index (χ3v) is 0.892. The zero-order chi connectivity index (χ0) is 7.72. The second kappa shape index (κ2) is 3.79. The van der Waals surface area contributed by atoms with Crippen LogP contribution in [0.25, 0.3) is 0 Å². The molecule has 54 valence electrons. The standard InChI is InChI=1S/C6HF4.Li/c7-3-1-4(8)6(10)2-5(3)9;/h1H;/q-1;+1. The monoisotopic (exact) mass is 156 g/mol. The molecule has 0 atom stereocenters. The summed E-state index contributed by atoms with van der Waals surface area (Å²) in [4.78, 5) is 0. The summed E-state index contributed by atoms with van der Waals surface area (Å²) in [5, 5.41) is 0. The van der Waals surface area contributed by atoms with Gasteiger partial charge in [0.15, 0.2) is 0 Å². The molecule has 0 spiro atoms. The van der Waals surface area contributed by atoms with Crippen LogP contribution in [0, 0.1) is 29.3 Å². The molecular weight excluding hydrogens is 155 g/mol. The van der Waals surface area contributed by atoms with Gasteiger partial charge in [-0.15, -0.1) is 6.07 Å². The van der Waals surface area contributed by atoms with Gasteiger partial charge in [0.2, 0.25) is 0 Å². The first-order valence-electron chi connectivity index (χ1n) is 2.33. The van der Waals surface area contributed by atoms with Gasteiger partial charge >= 0.3 is 18.9 Å². The van der Waals surface area contributed by atoms with Gasteiger partial charge in [0.05, 0.1) is 0 Å². The van der Waals surface area contributed by atoms with Crippen LogP contribution in [0.1, 0.15) is 0 Å². The number of hydrogen-bond donors (Lipinski definition) is 0. The zero-order valence-corrected chi connectivity index (χ0v) is 5.59. The molecule has 1 rings (SSSR count). The third-order valence-electron chi connectivity index (χ3n) is 0.892. The Balaban J connectivity index is 0.000001000. The number of halogens is 4. The molecule has 1 aromatic carbocycles. The van der Waals surface area contributed by atoms with Gasteiger partial charge in [-0.25, -0.2) is 8.78 Å². The van der Waals surface area contributed by atoms with Crippen molar-refractivity contribution >= 4 is 0 Å². The predicted octanol–water partition coefficient (Wildman–Crippen LogP) is -0.953. The van der Waals surface area contributed by atoms with E-state index < -0.39 is 23.3 Å². The van der Waals surface area contributed by atoms with Crippen molar-refractivity contribution in [3.63, 3.8) is 0 Å². The number of rotatable bonds is 0. The van der Waals surface area contributed by atoms with Gasteiger partial charge in [-0.2, -0.15) is 0 Å². The quantitative estimate of drug-likeness (QED) is 0.196. The minimum Gasteiger partial charge on any atom is -0.281 e. The van der Waals surface area contributed by atoms with Crippen molar-refractivity contribution in [2.75, 3.05) is 0 Å². The molecule has 0 nitrogen and oxygen atoms in total. The van der Waals surface area contributed by atoms with Gasteiger partial charge in [0.1, 0.15) is 0 Å². The first-order valence-corrected chi connectivity index (χ1v) is 2.33. The zero-order valence-electron chi connectivity index (χ0n) is 5.59. The van der Waals surface area contributed by atoms with Crippen LogP contribution in [0.4, 0.5) is 17.6 Å². The SMILES string of the molecule is Fc1[c-]c(F)c(F)cc1F.[Li+]. The Morgan fingerprint density at radius 1 is 0.909 bits per heavy atom. The second-order valence-corrected chi connectivity index (χ2v) is 1.59. The van der Waals surface area contributed by atoms with Gasteiger partial charge in [-0.05, 0) is 0 Å². The Hall–Kier alpha value is -0.463. The van der Waals surface area contributed by atoms with E-state index in [2.05, 4.69) is 0 Å². The smallest absolute Gasteiger partial charge is 0.281 e. The first kappa shape index (κ1) is 10.5. The van der Waals surface area contributed by atoms with E-state index in [-0.39, 0.29) is 24.9 Å². The Bertz CT molecular complexity index is 211. The molecule has 0 unspecified atom stereocenters. The largest absolute Gasteiger partial charge is 1.00 e. The van der Waals surface area contributed by atoms with E-state index in [0.717, 1.165) is 0 Å². The summed E-state index contributed by atoms with van der Waals surface area (Å²) in [6.45, 7) is 0. The van der Waals surface area contributed by atoms with Gasteiger partial charge in [0.25, 0.3) is 0 Å². The van der Waals surface area contributed by atoms with Crippen molar-refractivity contribution < 1.29 is 36.4 Å². The summed E-state index contributed by atoms with van der Waals surface area (Å²) in [6.07, 6.45) is 0. The van der Waals surface area contributed by atoms with Crippen LogP contribution in [-0.2, 0) is 0 Å². The minimum absolute atomic E-state index is 0. The Kier molecular flexibility index (Phi) is 3.63. The molecule has 0 fully saturated rings. The van der Waals surface area contributed by atoms with Crippen molar-refractivity contribution in [3.8, 4) is 0 Å². The molecule has 0 heterocycles. The maximum absolute atomic E-state index is 11.9. The summed E-state index contributed by atoms with van der Waals surface area (Å²) in [5.74, 6) is -5.92. The third kappa shape index (κ3) is 2.24. The van der Waals surface area contributed by atoms with Crippen LogP contribution >= 0.6 is 0 Å². The Morgan fingerprint density at radius 3 is 1.55 bits per heavy atom. The van der Waals surface area contributed by atoms with E-state index in [1.54, 1.807) is 0 Å². The first-order chi connectivity index (χ1) is 4.61. The van der Waals surface area contributed by atoms with Gasteiger partial charge in [0, 0.05) is 23.3 Å². The molecule has 0 saturated heterocycles. The fourth-order valence-corrected chi connectivity index (χ4v) is 0.454. The van der Waals surface area contributed by atoms with Crippen molar-refractivity contribution in [1.29, 1.82) is 0 Å². The second-order valence-electron chi connectivity index (χ2n) is 1.59. The van der Waals surface area contributed by atoms with Crippen LogP contribution in [-0.4, -0.2) is 0 Å². The Labute approximate surface area is 72.4 Å². The van der Waals surface area contributed by atoms with E-state index >= 15 is 0 Å². The van der Waals surface area contributed by atoms with Crippen LogP contribution < -0.4 is 18.9 Å². The van der Waals surface area contributed by atoms with Gasteiger partial charge in [-0.3, -0.25) is 8.78 Å². The van der Waals surface area contributed by atoms with Crippen LogP contribution in [0.15, 0.2) is 6.07 Å². The topological polar surface area (TPSA) is 0 Å². The number of hydrogen-bond acceptors (Lipinski definition) is 0. The average molecular weight is 156 g/mol. The molecule has 0 aromatic heterocycles. The van der Waals surface area contributed by atoms with Crippen LogP contribution in [0.2, 0.25) is 0 Å². The molecule has 11 heavy (non-hydrogen) atoms. The van der Waals surface area contributed by atoms with Crippen molar-refractivity contribution in [3.05, 3.63) is 35.4 Å². The van der Waals surface area contributed by atoms with E-state index in [1.165, 1.54) is 6.07 Å². The molecule has 0 N–H and O–H groups in total. The van der Waals surface area contributed by atoms with E-state index in [1.807, 2.05) is 0 Å². The molecular formula is C6HF4Li. The average Bonchev–Trinajstić information content (AvgIpc) is 1.84. The molecule has 0 amide bonds. The van der Waals surface area contributed by atoms with E-state index in [4.69, 9.17) is 0 Å². The maximum Gasteiger partial charge on any atom is 1.00 e. The molecule has 5 heteroatoms. The van der Waals surface area contributed by atoms with Gasteiger partial charge < -0.3 is 0 Å². The van der Waals surface area contributed by atoms with E-state index in [9.17, 15) is 17.6 Å². The van der Waals surface area contributed by atoms with Crippen LogP contribution in [0.3, 0.4) is 0 Å². The Morgan fingerprint density at radius 2 is 1.27 bits per heavy atom. The molecule has 0 aliphatic carbocycles. The molecule has 1 aromatic rings. The maximum atomic E-state index is 11.9. The van der Waals surface area contributed by atoms with Crippen molar-refractivity contribution in [2.24, 2.45) is 0 Å². The normalized spacial score (nSPS) is 9.09. The van der Waals surface area contributed by atoms with Crippen molar-refractivity contribution in [2.45, 2.75) is 0 Å². The minimum atomic E-state index is -1.51. The summed E-state index contributed by atoms with van der Waals surface area (Å²) in [5.41, 5.74) is 0. The van der Waals surface area contributed by atoms with Gasteiger partial charge in [-0.1, -0.05) is 6.07 Å². The molecule has 0 saturated carbocycles. The fourth-order valence-electron chi connectivity index (χ4n) is 0.454. The molecule has 0 bridgehead atoms. The molecule has 0 aliphatic heterocycles. The summed E-state index contributed by atoms with van der Waals surface area (Å²) in [6, 6.07) is 1.35. The van der Waals surface area contributed by atoms with E-state index in [0.29, 0.717) is 0 Å². The molecule has 0 radical (unpaired) electrons. The number of benzene rings is 1. The summed E-state index contributed by atoms with van der Waals surface area (Å²) < 4.78 is 47.7. The van der Waals surface area contributed by atoms with Crippen molar-refractivity contribution in [1.82, 2.24) is 0 Å². The summed E-state index contributed by atoms with van der Waals surface area (Å²) >= 11 is 0. The van der Waals surface area contributed by atoms with Crippen LogP contribution in [0.5, 0.6) is 0 Å². The fraction of sp³-hybridized carbons (Fsp3) is 0. The predicted molar refractivity (Wildman–Crippen MR) is 25.1 cm³/mol. The summed E-state index contributed by atoms with van der Waals surface area (Å²) in [7, 11) is 0. The molecule has 0 aliphatic rings.